The molecule has 0 bridgehead atoms. The minimum Gasteiger partial charge on any atom is -0.481 e. The Morgan fingerprint density at radius 1 is 1.43 bits per heavy atom. The number of carboxylic acid groups (broad SMARTS) is 1. The van der Waals surface area contributed by atoms with Gasteiger partial charge in [-0.25, -0.2) is 0 Å². The maximum atomic E-state index is 10.4. The van der Waals surface area contributed by atoms with Crippen LogP contribution in [0.4, 0.5) is 0 Å². The van der Waals surface area contributed by atoms with Crippen molar-refractivity contribution in [3.05, 3.63) is 11.6 Å². The summed E-state index contributed by atoms with van der Waals surface area (Å²) in [6, 6.07) is 0.393. The van der Waals surface area contributed by atoms with Crippen molar-refractivity contribution in [3.8, 4) is 0 Å². The monoisotopic (exact) mass is 199 g/mol. The van der Waals surface area contributed by atoms with E-state index in [-0.39, 0.29) is 6.42 Å². The smallest absolute Gasteiger partial charge is 0.304 e. The van der Waals surface area contributed by atoms with Gasteiger partial charge in [-0.1, -0.05) is 11.6 Å². The zero-order chi connectivity index (χ0) is 11.1. The lowest BCUT2D eigenvalue weighted by atomic mass is 10.2. The Balaban J connectivity index is 4.03. The van der Waals surface area contributed by atoms with Crippen LogP contribution >= 0.6 is 0 Å². The van der Waals surface area contributed by atoms with Crippen molar-refractivity contribution in [3.63, 3.8) is 0 Å². The van der Waals surface area contributed by atoms with Crippen molar-refractivity contribution in [2.45, 2.75) is 40.2 Å². The van der Waals surface area contributed by atoms with Crippen LogP contribution in [0.3, 0.4) is 0 Å². The largest absolute Gasteiger partial charge is 0.481 e. The van der Waals surface area contributed by atoms with Gasteiger partial charge in [-0.2, -0.15) is 0 Å². The van der Waals surface area contributed by atoms with Gasteiger partial charge in [0.05, 0.1) is 6.42 Å². The molecule has 0 radical (unpaired) electrons. The quantitative estimate of drug-likeness (QED) is 0.666. The van der Waals surface area contributed by atoms with E-state index in [1.807, 2.05) is 0 Å². The van der Waals surface area contributed by atoms with E-state index in [0.717, 1.165) is 6.54 Å². The Morgan fingerprint density at radius 2 is 2.00 bits per heavy atom. The highest BCUT2D eigenvalue weighted by Crippen LogP contribution is 2.01. The lowest BCUT2D eigenvalue weighted by Gasteiger charge is -2.24. The van der Waals surface area contributed by atoms with E-state index < -0.39 is 5.97 Å². The standard InChI is InChI=1S/C11H21NO2/c1-9(2)5-7-12(10(3)4)8-6-11(13)14/h5,10H,6-8H2,1-4H3,(H,13,14). The minimum atomic E-state index is -0.729. The first kappa shape index (κ1) is 13.2. The Kier molecular flexibility index (Phi) is 6.21. The fourth-order valence-corrected chi connectivity index (χ4v) is 1.10. The number of hydrogen-bond donors (Lipinski definition) is 1. The van der Waals surface area contributed by atoms with Crippen molar-refractivity contribution in [2.24, 2.45) is 0 Å². The number of allylic oxidation sites excluding steroid dienone is 1. The summed E-state index contributed by atoms with van der Waals surface area (Å²) in [4.78, 5) is 12.6. The molecule has 0 aliphatic carbocycles. The Bertz CT molecular complexity index is 205. The molecule has 0 aromatic rings. The molecule has 14 heavy (non-hydrogen) atoms. The van der Waals surface area contributed by atoms with Gasteiger partial charge < -0.3 is 5.11 Å². The molecule has 0 spiro atoms. The molecule has 0 aliphatic rings. The fraction of sp³-hybridized carbons (Fsp3) is 0.727. The molecule has 0 atom stereocenters. The van der Waals surface area contributed by atoms with Crippen LogP contribution in [-0.4, -0.2) is 35.1 Å². The van der Waals surface area contributed by atoms with Crippen LogP contribution in [0.15, 0.2) is 11.6 Å². The molecule has 82 valence electrons. The van der Waals surface area contributed by atoms with Crippen LogP contribution in [0.1, 0.15) is 34.1 Å². The van der Waals surface area contributed by atoms with E-state index in [1.54, 1.807) is 0 Å². The van der Waals surface area contributed by atoms with Crippen LogP contribution < -0.4 is 0 Å². The molecular formula is C11H21NO2. The highest BCUT2D eigenvalue weighted by Gasteiger charge is 2.09. The average Bonchev–Trinajstić information content (AvgIpc) is 2.02. The van der Waals surface area contributed by atoms with Crippen LogP contribution in [0.2, 0.25) is 0 Å². The molecule has 0 unspecified atom stereocenters. The van der Waals surface area contributed by atoms with Gasteiger partial charge >= 0.3 is 5.97 Å². The van der Waals surface area contributed by atoms with Crippen molar-refractivity contribution in [2.75, 3.05) is 13.1 Å². The van der Waals surface area contributed by atoms with E-state index in [4.69, 9.17) is 5.11 Å². The topological polar surface area (TPSA) is 40.5 Å². The lowest BCUT2D eigenvalue weighted by molar-refractivity contribution is -0.137. The molecule has 0 fully saturated rings. The van der Waals surface area contributed by atoms with Crippen molar-refractivity contribution in [1.82, 2.24) is 4.90 Å². The third-order valence-electron chi connectivity index (χ3n) is 2.08. The fourth-order valence-electron chi connectivity index (χ4n) is 1.10. The molecule has 0 saturated carbocycles. The van der Waals surface area contributed by atoms with Gasteiger partial charge in [-0.05, 0) is 27.7 Å². The summed E-state index contributed by atoms with van der Waals surface area (Å²) < 4.78 is 0. The van der Waals surface area contributed by atoms with Gasteiger partial charge in [0, 0.05) is 19.1 Å². The zero-order valence-corrected chi connectivity index (χ0v) is 9.58. The first-order chi connectivity index (χ1) is 6.43. The summed E-state index contributed by atoms with van der Waals surface area (Å²) in [6.45, 7) is 9.73. The highest BCUT2D eigenvalue weighted by atomic mass is 16.4. The molecule has 0 heterocycles. The van der Waals surface area contributed by atoms with E-state index >= 15 is 0 Å². The molecule has 3 heteroatoms. The van der Waals surface area contributed by atoms with Crippen LogP contribution in [0, 0.1) is 0 Å². The summed E-state index contributed by atoms with van der Waals surface area (Å²) in [7, 11) is 0. The van der Waals surface area contributed by atoms with Crippen LogP contribution in [0.25, 0.3) is 0 Å². The van der Waals surface area contributed by atoms with E-state index in [9.17, 15) is 4.79 Å². The molecule has 0 aromatic carbocycles. The molecule has 1 N–H and O–H groups in total. The third kappa shape index (κ3) is 6.66. The summed E-state index contributed by atoms with van der Waals surface area (Å²) in [5.74, 6) is -0.729. The molecule has 0 aliphatic heterocycles. The number of nitrogens with zero attached hydrogens (tertiary/aromatic N) is 1. The second kappa shape index (κ2) is 6.60. The Morgan fingerprint density at radius 3 is 2.36 bits per heavy atom. The van der Waals surface area contributed by atoms with E-state index in [0.29, 0.717) is 12.6 Å². The van der Waals surface area contributed by atoms with E-state index in [1.165, 1.54) is 5.57 Å². The maximum absolute atomic E-state index is 10.4. The first-order valence-corrected chi connectivity index (χ1v) is 5.02. The van der Waals surface area contributed by atoms with Gasteiger partial charge in [-0.3, -0.25) is 9.69 Å². The zero-order valence-electron chi connectivity index (χ0n) is 9.58. The van der Waals surface area contributed by atoms with Crippen molar-refractivity contribution < 1.29 is 9.90 Å². The third-order valence-corrected chi connectivity index (χ3v) is 2.08. The molecule has 0 saturated heterocycles. The first-order valence-electron chi connectivity index (χ1n) is 5.02. The predicted molar refractivity (Wildman–Crippen MR) is 58.4 cm³/mol. The summed E-state index contributed by atoms with van der Waals surface area (Å²) in [5, 5.41) is 8.58. The molecule has 3 nitrogen and oxygen atoms in total. The van der Waals surface area contributed by atoms with Gasteiger partial charge in [-0.15, -0.1) is 0 Å². The van der Waals surface area contributed by atoms with Crippen molar-refractivity contribution in [1.29, 1.82) is 0 Å². The molecule has 0 amide bonds. The number of aliphatic carboxylic acids is 1. The van der Waals surface area contributed by atoms with Gasteiger partial charge in [0.15, 0.2) is 0 Å². The number of rotatable bonds is 6. The number of hydrogen-bond acceptors (Lipinski definition) is 2. The normalized spacial score (nSPS) is 10.7. The Labute approximate surface area is 86.4 Å². The van der Waals surface area contributed by atoms with Gasteiger partial charge in [0.1, 0.15) is 0 Å². The predicted octanol–water partition coefficient (Wildman–Crippen LogP) is 2.14. The second-order valence-electron chi connectivity index (χ2n) is 4.01. The van der Waals surface area contributed by atoms with Gasteiger partial charge in [0.25, 0.3) is 0 Å². The van der Waals surface area contributed by atoms with Crippen molar-refractivity contribution >= 4 is 5.97 Å². The van der Waals surface area contributed by atoms with Crippen LogP contribution in [0.5, 0.6) is 0 Å². The second-order valence-corrected chi connectivity index (χ2v) is 4.01. The Hall–Kier alpha value is -0.830. The molecule has 0 rings (SSSR count). The van der Waals surface area contributed by atoms with E-state index in [2.05, 4.69) is 38.7 Å². The maximum Gasteiger partial charge on any atom is 0.304 e. The van der Waals surface area contributed by atoms with Crippen LogP contribution in [-0.2, 0) is 4.79 Å². The molecule has 0 aromatic heterocycles. The minimum absolute atomic E-state index is 0.217. The highest BCUT2D eigenvalue weighted by molar-refractivity contribution is 5.66. The lowest BCUT2D eigenvalue weighted by Crippen LogP contribution is -2.33. The molecular weight excluding hydrogens is 178 g/mol. The average molecular weight is 199 g/mol. The number of carboxylic acids is 1. The van der Waals surface area contributed by atoms with Gasteiger partial charge in [0.2, 0.25) is 0 Å². The number of carbonyl (C=O) groups is 1. The summed E-state index contributed by atoms with van der Waals surface area (Å²) in [5.41, 5.74) is 1.27. The summed E-state index contributed by atoms with van der Waals surface area (Å²) in [6.07, 6.45) is 2.34. The summed E-state index contributed by atoms with van der Waals surface area (Å²) >= 11 is 0. The SMILES string of the molecule is CC(C)=CCN(CCC(=O)O)C(C)C.